The first-order valence-electron chi connectivity index (χ1n) is 5.03. The minimum absolute atomic E-state index is 0.290. The summed E-state index contributed by atoms with van der Waals surface area (Å²) in [6, 6.07) is 3.05. The molecule has 0 fully saturated rings. The third kappa shape index (κ3) is 3.89. The Morgan fingerprint density at radius 1 is 1.35 bits per heavy atom. The third-order valence-corrected chi connectivity index (χ3v) is 2.31. The highest BCUT2D eigenvalue weighted by Crippen LogP contribution is 2.27. The van der Waals surface area contributed by atoms with Crippen LogP contribution in [0.1, 0.15) is 18.5 Å². The highest BCUT2D eigenvalue weighted by Gasteiger charge is 2.30. The Morgan fingerprint density at radius 3 is 2.41 bits per heavy atom. The molecular formula is C11H14F4N2. The minimum Gasteiger partial charge on any atom is -0.365 e. The van der Waals surface area contributed by atoms with Gasteiger partial charge in [0.2, 0.25) is 0 Å². The molecule has 6 heteroatoms. The second-order valence-corrected chi connectivity index (χ2v) is 3.96. The molecule has 1 aromatic rings. The fourth-order valence-corrected chi connectivity index (χ4v) is 1.59. The van der Waals surface area contributed by atoms with E-state index in [-0.39, 0.29) is 0 Å². The molecule has 1 aromatic carbocycles. The highest BCUT2D eigenvalue weighted by atomic mass is 19.4. The van der Waals surface area contributed by atoms with Crippen molar-refractivity contribution in [1.29, 1.82) is 0 Å². The zero-order valence-corrected chi connectivity index (χ0v) is 9.55. The Morgan fingerprint density at radius 2 is 1.94 bits per heavy atom. The van der Waals surface area contributed by atoms with Gasteiger partial charge in [0, 0.05) is 18.8 Å². The summed E-state index contributed by atoms with van der Waals surface area (Å²) in [5, 5.41) is 0. The van der Waals surface area contributed by atoms with Crippen molar-refractivity contribution in [2.75, 3.05) is 18.5 Å². The van der Waals surface area contributed by atoms with Crippen molar-refractivity contribution in [3.05, 3.63) is 29.6 Å². The summed E-state index contributed by atoms with van der Waals surface area (Å²) in [6.45, 7) is 0.498. The molecule has 0 amide bonds. The molecule has 0 aliphatic carbocycles. The number of rotatable bonds is 3. The van der Waals surface area contributed by atoms with E-state index in [0.717, 1.165) is 17.0 Å². The number of benzene rings is 1. The molecular weight excluding hydrogens is 236 g/mol. The molecule has 0 aliphatic heterocycles. The van der Waals surface area contributed by atoms with E-state index < -0.39 is 24.6 Å². The average Bonchev–Trinajstić information content (AvgIpc) is 2.14. The highest BCUT2D eigenvalue weighted by molar-refractivity contribution is 5.54. The maximum Gasteiger partial charge on any atom is 0.405 e. The standard InChI is InChI=1S/C11H14F4N2/c1-7(16)9-5-8(12)3-4-10(9)17(2)6-11(13,14)15/h3-5,7H,6,16H2,1-2H3. The van der Waals surface area contributed by atoms with Gasteiger partial charge >= 0.3 is 6.18 Å². The topological polar surface area (TPSA) is 29.3 Å². The van der Waals surface area contributed by atoms with Gasteiger partial charge in [-0.05, 0) is 30.7 Å². The fraction of sp³-hybridized carbons (Fsp3) is 0.455. The van der Waals surface area contributed by atoms with E-state index >= 15 is 0 Å². The Balaban J connectivity index is 3.04. The van der Waals surface area contributed by atoms with Crippen LogP contribution in [-0.2, 0) is 0 Å². The van der Waals surface area contributed by atoms with Crippen molar-refractivity contribution in [1.82, 2.24) is 0 Å². The van der Waals surface area contributed by atoms with Gasteiger partial charge in [0.25, 0.3) is 0 Å². The van der Waals surface area contributed by atoms with Gasteiger partial charge < -0.3 is 10.6 Å². The first-order chi connectivity index (χ1) is 7.70. The van der Waals surface area contributed by atoms with Crippen LogP contribution in [0.3, 0.4) is 0 Å². The Kier molecular flexibility index (Phi) is 3.98. The van der Waals surface area contributed by atoms with Gasteiger partial charge in [0.1, 0.15) is 12.4 Å². The van der Waals surface area contributed by atoms with E-state index in [0.29, 0.717) is 11.3 Å². The molecule has 2 nitrogen and oxygen atoms in total. The fourth-order valence-electron chi connectivity index (χ4n) is 1.59. The van der Waals surface area contributed by atoms with Crippen molar-refractivity contribution < 1.29 is 17.6 Å². The van der Waals surface area contributed by atoms with Crippen LogP contribution in [-0.4, -0.2) is 19.8 Å². The van der Waals surface area contributed by atoms with Crippen LogP contribution >= 0.6 is 0 Å². The predicted molar refractivity (Wildman–Crippen MR) is 58.3 cm³/mol. The van der Waals surface area contributed by atoms with E-state index in [1.807, 2.05) is 0 Å². The molecule has 17 heavy (non-hydrogen) atoms. The molecule has 1 rings (SSSR count). The van der Waals surface area contributed by atoms with Crippen molar-refractivity contribution in [2.45, 2.75) is 19.1 Å². The van der Waals surface area contributed by atoms with Crippen LogP contribution in [0.15, 0.2) is 18.2 Å². The number of nitrogens with zero attached hydrogens (tertiary/aromatic N) is 1. The van der Waals surface area contributed by atoms with E-state index in [2.05, 4.69) is 0 Å². The summed E-state index contributed by atoms with van der Waals surface area (Å²) >= 11 is 0. The lowest BCUT2D eigenvalue weighted by Crippen LogP contribution is -2.32. The molecule has 0 bridgehead atoms. The van der Waals surface area contributed by atoms with Crippen molar-refractivity contribution in [2.24, 2.45) is 5.73 Å². The van der Waals surface area contributed by atoms with Gasteiger partial charge in [-0.1, -0.05) is 0 Å². The number of anilines is 1. The van der Waals surface area contributed by atoms with Crippen molar-refractivity contribution in [3.63, 3.8) is 0 Å². The lowest BCUT2D eigenvalue weighted by Gasteiger charge is -2.25. The molecule has 0 aliphatic rings. The summed E-state index contributed by atoms with van der Waals surface area (Å²) < 4.78 is 49.8. The summed E-state index contributed by atoms with van der Waals surface area (Å²) in [5.41, 5.74) is 6.26. The lowest BCUT2D eigenvalue weighted by molar-refractivity contribution is -0.119. The maximum absolute atomic E-state index is 13.0. The van der Waals surface area contributed by atoms with Crippen LogP contribution < -0.4 is 10.6 Å². The molecule has 0 spiro atoms. The molecule has 96 valence electrons. The summed E-state index contributed by atoms with van der Waals surface area (Å²) in [7, 11) is 1.30. The monoisotopic (exact) mass is 250 g/mol. The summed E-state index contributed by atoms with van der Waals surface area (Å²) in [6.07, 6.45) is -4.31. The van der Waals surface area contributed by atoms with Gasteiger partial charge in [-0.15, -0.1) is 0 Å². The van der Waals surface area contributed by atoms with Crippen LogP contribution in [0.2, 0.25) is 0 Å². The average molecular weight is 250 g/mol. The van der Waals surface area contributed by atoms with Crippen LogP contribution in [0, 0.1) is 5.82 Å². The second-order valence-electron chi connectivity index (χ2n) is 3.96. The Labute approximate surface area is 97.0 Å². The van der Waals surface area contributed by atoms with Crippen LogP contribution in [0.5, 0.6) is 0 Å². The number of alkyl halides is 3. The third-order valence-electron chi connectivity index (χ3n) is 2.31. The first kappa shape index (κ1) is 13.8. The SMILES string of the molecule is CC(N)c1cc(F)ccc1N(C)CC(F)(F)F. The predicted octanol–water partition coefficient (Wildman–Crippen LogP) is 2.84. The van der Waals surface area contributed by atoms with Crippen LogP contribution in [0.25, 0.3) is 0 Å². The van der Waals surface area contributed by atoms with Gasteiger partial charge in [0.05, 0.1) is 0 Å². The van der Waals surface area contributed by atoms with Crippen molar-refractivity contribution in [3.8, 4) is 0 Å². The van der Waals surface area contributed by atoms with Gasteiger partial charge in [0.15, 0.2) is 0 Å². The molecule has 2 N–H and O–H groups in total. The lowest BCUT2D eigenvalue weighted by atomic mass is 10.1. The largest absolute Gasteiger partial charge is 0.405 e. The molecule has 0 saturated carbocycles. The number of hydrogen-bond acceptors (Lipinski definition) is 2. The normalized spacial score (nSPS) is 13.6. The maximum atomic E-state index is 13.0. The number of halogens is 4. The Hall–Kier alpha value is -1.30. The first-order valence-corrected chi connectivity index (χ1v) is 5.03. The number of hydrogen-bond donors (Lipinski definition) is 1. The zero-order chi connectivity index (χ0) is 13.2. The molecule has 1 unspecified atom stereocenters. The van der Waals surface area contributed by atoms with Gasteiger partial charge in [-0.3, -0.25) is 0 Å². The number of nitrogens with two attached hydrogens (primary N) is 1. The zero-order valence-electron chi connectivity index (χ0n) is 9.55. The molecule has 0 radical (unpaired) electrons. The van der Waals surface area contributed by atoms with Gasteiger partial charge in [-0.2, -0.15) is 13.2 Å². The van der Waals surface area contributed by atoms with E-state index in [1.54, 1.807) is 6.92 Å². The molecule has 0 aromatic heterocycles. The smallest absolute Gasteiger partial charge is 0.365 e. The molecule has 0 saturated heterocycles. The van der Waals surface area contributed by atoms with E-state index in [4.69, 9.17) is 5.73 Å². The second kappa shape index (κ2) is 4.91. The van der Waals surface area contributed by atoms with E-state index in [9.17, 15) is 17.6 Å². The summed E-state index contributed by atoms with van der Waals surface area (Å²) in [4.78, 5) is 1.01. The summed E-state index contributed by atoms with van der Waals surface area (Å²) in [5.74, 6) is -0.513. The Bertz CT molecular complexity index is 388. The van der Waals surface area contributed by atoms with Gasteiger partial charge in [-0.25, -0.2) is 4.39 Å². The quantitative estimate of drug-likeness (QED) is 0.836. The molecule has 1 atom stereocenters. The minimum atomic E-state index is -4.31. The van der Waals surface area contributed by atoms with E-state index in [1.165, 1.54) is 13.1 Å². The molecule has 0 heterocycles. The van der Waals surface area contributed by atoms with Crippen molar-refractivity contribution >= 4 is 5.69 Å². The van der Waals surface area contributed by atoms with Crippen LogP contribution in [0.4, 0.5) is 23.2 Å².